The number of ether oxygens (including phenoxy) is 1. The van der Waals surface area contributed by atoms with E-state index in [1.165, 1.54) is 0 Å². The number of amides is 2. The van der Waals surface area contributed by atoms with Crippen LogP contribution in [0.15, 0.2) is 36.4 Å². The molecule has 1 spiro atoms. The quantitative estimate of drug-likeness (QED) is 0.807. The Morgan fingerprint density at radius 2 is 2.08 bits per heavy atom. The standard InChI is InChI=1S/C18H16N2O5/c1-2-19-14(21)9-5-3-4-6-10(9)20-15(22)13-12(16(23)24)11-7-8-18(13,25-11)17(19)20/h3-8,11-13,17H,2H2,1H3,(H,23,24)/t11-,12-,13+,17-,18+/m0/s1. The average Bonchev–Trinajstić information content (AvgIpc) is 3.24. The molecule has 4 heterocycles. The number of likely N-dealkylation sites (N-methyl/N-ethyl adjacent to an activating group) is 1. The summed E-state index contributed by atoms with van der Waals surface area (Å²) in [4.78, 5) is 41.2. The van der Waals surface area contributed by atoms with Gasteiger partial charge in [0.15, 0.2) is 0 Å². The lowest BCUT2D eigenvalue weighted by molar-refractivity contribution is -0.146. The van der Waals surface area contributed by atoms with Crippen LogP contribution in [-0.4, -0.2) is 52.2 Å². The van der Waals surface area contributed by atoms with Crippen LogP contribution in [0, 0.1) is 11.8 Å². The van der Waals surface area contributed by atoms with E-state index in [1.54, 1.807) is 46.2 Å². The fourth-order valence-corrected chi connectivity index (χ4v) is 4.89. The molecule has 128 valence electrons. The van der Waals surface area contributed by atoms with Gasteiger partial charge in [-0.2, -0.15) is 0 Å². The van der Waals surface area contributed by atoms with Gasteiger partial charge in [0.2, 0.25) is 5.91 Å². The van der Waals surface area contributed by atoms with Crippen LogP contribution in [0.3, 0.4) is 0 Å². The summed E-state index contributed by atoms with van der Waals surface area (Å²) in [7, 11) is 0. The summed E-state index contributed by atoms with van der Waals surface area (Å²) in [5.74, 6) is -3.25. The van der Waals surface area contributed by atoms with Crippen LogP contribution < -0.4 is 4.90 Å². The first-order valence-electron chi connectivity index (χ1n) is 8.34. The number of benzene rings is 1. The van der Waals surface area contributed by atoms with E-state index in [0.717, 1.165) is 0 Å². The van der Waals surface area contributed by atoms with Gasteiger partial charge in [-0.3, -0.25) is 19.3 Å². The average molecular weight is 340 g/mol. The summed E-state index contributed by atoms with van der Waals surface area (Å²) in [6.07, 6.45) is 2.22. The summed E-state index contributed by atoms with van der Waals surface area (Å²) in [6, 6.07) is 6.95. The molecular weight excluding hydrogens is 324 g/mol. The second-order valence-corrected chi connectivity index (χ2v) is 6.83. The molecule has 1 N–H and O–H groups in total. The molecule has 1 aromatic rings. The van der Waals surface area contributed by atoms with Crippen molar-refractivity contribution >= 4 is 23.5 Å². The third-order valence-corrected chi connectivity index (χ3v) is 5.81. The van der Waals surface area contributed by atoms with Crippen molar-refractivity contribution in [3.05, 3.63) is 42.0 Å². The van der Waals surface area contributed by atoms with Gasteiger partial charge in [-0.15, -0.1) is 0 Å². The molecule has 2 amide bonds. The van der Waals surface area contributed by atoms with Gasteiger partial charge in [0.1, 0.15) is 17.7 Å². The summed E-state index contributed by atoms with van der Waals surface area (Å²) in [5.41, 5.74) is -0.111. The number of hydrogen-bond donors (Lipinski definition) is 1. The van der Waals surface area contributed by atoms with E-state index in [0.29, 0.717) is 17.8 Å². The Balaban J connectivity index is 1.75. The van der Waals surface area contributed by atoms with Gasteiger partial charge in [0.05, 0.1) is 23.3 Å². The van der Waals surface area contributed by atoms with Crippen molar-refractivity contribution in [1.82, 2.24) is 4.90 Å². The number of aliphatic carboxylic acids is 1. The van der Waals surface area contributed by atoms with Gasteiger partial charge in [-0.05, 0) is 25.1 Å². The minimum atomic E-state index is -1.09. The molecule has 4 aliphatic rings. The normalized spacial score (nSPS) is 37.3. The van der Waals surface area contributed by atoms with Gasteiger partial charge in [0.25, 0.3) is 5.91 Å². The van der Waals surface area contributed by atoms with Gasteiger partial charge >= 0.3 is 5.97 Å². The van der Waals surface area contributed by atoms with Gasteiger partial charge in [0, 0.05) is 6.54 Å². The maximum Gasteiger partial charge on any atom is 0.310 e. The molecule has 0 aromatic heterocycles. The van der Waals surface area contributed by atoms with Crippen LogP contribution in [0.5, 0.6) is 0 Å². The van der Waals surface area contributed by atoms with Crippen molar-refractivity contribution < 1.29 is 24.2 Å². The molecule has 5 atom stereocenters. The number of rotatable bonds is 2. The third-order valence-electron chi connectivity index (χ3n) is 5.81. The smallest absolute Gasteiger partial charge is 0.310 e. The lowest BCUT2D eigenvalue weighted by atomic mass is 9.76. The summed E-state index contributed by atoms with van der Waals surface area (Å²) < 4.78 is 6.04. The first-order valence-corrected chi connectivity index (χ1v) is 8.34. The summed E-state index contributed by atoms with van der Waals surface area (Å²) in [6.45, 7) is 2.24. The van der Waals surface area contributed by atoms with Crippen molar-refractivity contribution in [2.24, 2.45) is 11.8 Å². The summed E-state index contributed by atoms with van der Waals surface area (Å²) in [5, 5.41) is 9.64. The number of carboxylic acids is 1. The Bertz CT molecular complexity index is 865. The predicted molar refractivity (Wildman–Crippen MR) is 85.8 cm³/mol. The first-order chi connectivity index (χ1) is 12.0. The molecule has 2 saturated heterocycles. The number of fused-ring (bicyclic) bond motifs is 4. The Kier molecular flexibility index (Phi) is 2.63. The zero-order valence-corrected chi connectivity index (χ0v) is 13.5. The Morgan fingerprint density at radius 1 is 1.32 bits per heavy atom. The van der Waals surface area contributed by atoms with E-state index >= 15 is 0 Å². The van der Waals surface area contributed by atoms with Crippen molar-refractivity contribution in [2.75, 3.05) is 11.4 Å². The first kappa shape index (κ1) is 14.7. The number of hydrogen-bond acceptors (Lipinski definition) is 4. The molecular formula is C18H16N2O5. The van der Waals surface area contributed by atoms with Gasteiger partial charge < -0.3 is 14.7 Å². The van der Waals surface area contributed by atoms with Crippen molar-refractivity contribution in [3.8, 4) is 0 Å². The van der Waals surface area contributed by atoms with Crippen LogP contribution in [-0.2, 0) is 14.3 Å². The number of carbonyl (C=O) groups excluding carboxylic acids is 2. The van der Waals surface area contributed by atoms with E-state index in [2.05, 4.69) is 0 Å². The third kappa shape index (κ3) is 1.48. The maximum atomic E-state index is 13.3. The Hall–Kier alpha value is -2.67. The second-order valence-electron chi connectivity index (χ2n) is 6.83. The minimum Gasteiger partial charge on any atom is -0.481 e. The van der Waals surface area contributed by atoms with Crippen molar-refractivity contribution in [2.45, 2.75) is 24.8 Å². The fourth-order valence-electron chi connectivity index (χ4n) is 4.89. The fraction of sp³-hybridized carbons (Fsp3) is 0.389. The molecule has 7 heteroatoms. The number of carbonyl (C=O) groups is 3. The van der Waals surface area contributed by atoms with Crippen LogP contribution in [0.2, 0.25) is 0 Å². The zero-order valence-electron chi connectivity index (χ0n) is 13.5. The predicted octanol–water partition coefficient (Wildman–Crippen LogP) is 0.859. The topological polar surface area (TPSA) is 87.2 Å². The highest BCUT2D eigenvalue weighted by atomic mass is 16.5. The number of nitrogens with zero attached hydrogens (tertiary/aromatic N) is 2. The Morgan fingerprint density at radius 3 is 2.80 bits per heavy atom. The van der Waals surface area contributed by atoms with Crippen LogP contribution >= 0.6 is 0 Å². The molecule has 2 bridgehead atoms. The molecule has 0 radical (unpaired) electrons. The lowest BCUT2D eigenvalue weighted by Crippen LogP contribution is -2.60. The number of anilines is 1. The van der Waals surface area contributed by atoms with Crippen LogP contribution in [0.25, 0.3) is 0 Å². The van der Waals surface area contributed by atoms with E-state index in [1.807, 2.05) is 6.92 Å². The van der Waals surface area contributed by atoms with Crippen molar-refractivity contribution in [3.63, 3.8) is 0 Å². The van der Waals surface area contributed by atoms with Crippen molar-refractivity contribution in [1.29, 1.82) is 0 Å². The molecule has 7 nitrogen and oxygen atoms in total. The highest BCUT2D eigenvalue weighted by Crippen LogP contribution is 2.57. The number of carboxylic acid groups (broad SMARTS) is 1. The lowest BCUT2D eigenvalue weighted by Gasteiger charge is -2.44. The van der Waals surface area contributed by atoms with Gasteiger partial charge in [-0.1, -0.05) is 18.2 Å². The van der Waals surface area contributed by atoms with E-state index in [4.69, 9.17) is 4.74 Å². The molecule has 25 heavy (non-hydrogen) atoms. The van der Waals surface area contributed by atoms with Crippen LogP contribution in [0.1, 0.15) is 17.3 Å². The Labute approximate surface area is 143 Å². The number of para-hydroxylation sites is 1. The van der Waals surface area contributed by atoms with E-state index in [-0.39, 0.29) is 11.8 Å². The molecule has 0 aliphatic carbocycles. The molecule has 0 unspecified atom stereocenters. The SMILES string of the molecule is CCN1C(=O)c2ccccc2N2C(=O)[C@H]3[C@@H](C(=O)O)[C@@H]4C=C[C@]3(O4)[C@@H]12. The molecule has 4 aliphatic heterocycles. The molecule has 5 rings (SSSR count). The maximum absolute atomic E-state index is 13.3. The second kappa shape index (κ2) is 4.49. The minimum absolute atomic E-state index is 0.165. The molecule has 0 saturated carbocycles. The highest BCUT2D eigenvalue weighted by Gasteiger charge is 2.74. The molecule has 1 aromatic carbocycles. The van der Waals surface area contributed by atoms with E-state index < -0.39 is 35.7 Å². The summed E-state index contributed by atoms with van der Waals surface area (Å²) >= 11 is 0. The zero-order chi connectivity index (χ0) is 17.5. The highest BCUT2D eigenvalue weighted by molar-refractivity contribution is 6.12. The largest absolute Gasteiger partial charge is 0.481 e. The van der Waals surface area contributed by atoms with Gasteiger partial charge in [-0.25, -0.2) is 0 Å². The molecule has 2 fully saturated rings. The van der Waals surface area contributed by atoms with Crippen LogP contribution in [0.4, 0.5) is 5.69 Å². The monoisotopic (exact) mass is 340 g/mol. The van der Waals surface area contributed by atoms with E-state index in [9.17, 15) is 19.5 Å².